The van der Waals surface area contributed by atoms with Gasteiger partial charge in [0.05, 0.1) is 18.8 Å². The number of aliphatic hydroxyl groups is 3. The largest absolute Gasteiger partial charge is 0.394 e. The van der Waals surface area contributed by atoms with Crippen molar-refractivity contribution in [1.82, 2.24) is 5.32 Å². The van der Waals surface area contributed by atoms with E-state index in [0.29, 0.717) is 12.8 Å². The van der Waals surface area contributed by atoms with E-state index in [1.54, 1.807) is 0 Å². The normalized spacial score (nSPS) is 13.3. The van der Waals surface area contributed by atoms with Gasteiger partial charge in [-0.3, -0.25) is 4.79 Å². The molecule has 3 unspecified atom stereocenters. The van der Waals surface area contributed by atoms with Crippen LogP contribution in [0.3, 0.4) is 0 Å². The fraction of sp³-hybridized carbons (Fsp3) is 0.949. The van der Waals surface area contributed by atoms with Gasteiger partial charge in [-0.25, -0.2) is 0 Å². The third-order valence-corrected chi connectivity index (χ3v) is 14.1. The molecule has 1 amide bonds. The van der Waals surface area contributed by atoms with Crippen molar-refractivity contribution in [3.8, 4) is 0 Å². The van der Waals surface area contributed by atoms with E-state index in [1.807, 2.05) is 0 Å². The van der Waals surface area contributed by atoms with Crippen LogP contribution in [0.2, 0.25) is 0 Å². The smallest absolute Gasteiger partial charge is 0.249 e. The molecule has 0 radical (unpaired) electrons. The molecule has 5 nitrogen and oxygen atoms in total. The Morgan fingerprint density at radius 2 is 0.594 bits per heavy atom. The average Bonchev–Trinajstić information content (AvgIpc) is 3.30. The van der Waals surface area contributed by atoms with Gasteiger partial charge in [-0.05, 0) is 38.5 Å². The van der Waals surface area contributed by atoms with Crippen molar-refractivity contribution in [2.75, 3.05) is 6.61 Å². The number of carbonyl (C=O) groups is 1. The lowest BCUT2D eigenvalue weighted by molar-refractivity contribution is -0.131. The summed E-state index contributed by atoms with van der Waals surface area (Å²) in [6.07, 6.45) is 68.4. The summed E-state index contributed by atoms with van der Waals surface area (Å²) in [6, 6.07) is -0.710. The molecule has 0 rings (SSSR count). The van der Waals surface area contributed by atoms with Crippen molar-refractivity contribution in [3.63, 3.8) is 0 Å². The van der Waals surface area contributed by atoms with Crippen LogP contribution in [0.4, 0.5) is 0 Å². The minimum atomic E-state index is -1.07. The number of aliphatic hydroxyl groups excluding tert-OH is 3. The highest BCUT2D eigenvalue weighted by Gasteiger charge is 2.23. The first-order chi connectivity index (χ1) is 31.6. The maximum Gasteiger partial charge on any atom is 0.249 e. The predicted octanol–water partition coefficient (Wildman–Crippen LogP) is 18.3. The Morgan fingerprint density at radius 1 is 0.359 bits per heavy atom. The maximum absolute atomic E-state index is 12.6. The van der Waals surface area contributed by atoms with Crippen LogP contribution in [0.5, 0.6) is 0 Å². The van der Waals surface area contributed by atoms with E-state index in [1.165, 1.54) is 276 Å². The summed E-state index contributed by atoms with van der Waals surface area (Å²) in [4.78, 5) is 12.6. The molecule has 0 saturated heterocycles. The number of carbonyl (C=O) groups excluding carboxylic acids is 1. The van der Waals surface area contributed by atoms with Crippen molar-refractivity contribution >= 4 is 5.91 Å². The van der Waals surface area contributed by atoms with Gasteiger partial charge in [0.25, 0.3) is 0 Å². The van der Waals surface area contributed by atoms with Gasteiger partial charge in [0.15, 0.2) is 0 Å². The predicted molar refractivity (Wildman–Crippen MR) is 282 cm³/mol. The molecule has 0 fully saturated rings. The van der Waals surface area contributed by atoms with Gasteiger partial charge in [-0.2, -0.15) is 0 Å². The first-order valence-corrected chi connectivity index (χ1v) is 29.5. The quantitative estimate of drug-likeness (QED) is 0.0362. The zero-order valence-electron chi connectivity index (χ0n) is 43.7. The Hall–Kier alpha value is -0.910. The van der Waals surface area contributed by atoms with Crippen LogP contribution in [0, 0.1) is 0 Å². The fourth-order valence-electron chi connectivity index (χ4n) is 9.54. The molecule has 0 saturated carbocycles. The van der Waals surface area contributed by atoms with Crippen molar-refractivity contribution in [2.24, 2.45) is 0 Å². The van der Waals surface area contributed by atoms with Gasteiger partial charge < -0.3 is 20.6 Å². The van der Waals surface area contributed by atoms with Gasteiger partial charge in [0, 0.05) is 0 Å². The second kappa shape index (κ2) is 54.7. The van der Waals surface area contributed by atoms with Crippen molar-refractivity contribution in [2.45, 2.75) is 353 Å². The molecule has 0 spiro atoms. The summed E-state index contributed by atoms with van der Waals surface area (Å²) < 4.78 is 0. The minimum absolute atomic E-state index is 0.309. The molecule has 0 bridgehead atoms. The molecule has 5 heteroatoms. The van der Waals surface area contributed by atoms with E-state index in [0.717, 1.165) is 32.1 Å². The zero-order chi connectivity index (χ0) is 46.5. The number of unbranched alkanes of at least 4 members (excludes halogenated alkanes) is 45. The number of nitrogens with one attached hydrogen (secondary N) is 1. The van der Waals surface area contributed by atoms with Gasteiger partial charge in [0.1, 0.15) is 6.10 Å². The van der Waals surface area contributed by atoms with E-state index >= 15 is 0 Å². The van der Waals surface area contributed by atoms with Crippen LogP contribution in [0.1, 0.15) is 335 Å². The number of hydrogen-bond acceptors (Lipinski definition) is 4. The molecular formula is C59H117NO4. The van der Waals surface area contributed by atoms with Crippen molar-refractivity contribution in [3.05, 3.63) is 12.2 Å². The molecule has 0 aliphatic heterocycles. The second-order valence-electron chi connectivity index (χ2n) is 20.6. The topological polar surface area (TPSA) is 89.8 Å². The highest BCUT2D eigenvalue weighted by molar-refractivity contribution is 5.80. The van der Waals surface area contributed by atoms with Gasteiger partial charge in [-0.1, -0.05) is 309 Å². The van der Waals surface area contributed by atoms with Crippen molar-refractivity contribution in [1.29, 1.82) is 0 Å². The first-order valence-electron chi connectivity index (χ1n) is 29.5. The summed E-state index contributed by atoms with van der Waals surface area (Å²) in [6.45, 7) is 4.28. The minimum Gasteiger partial charge on any atom is -0.394 e. The molecular weight excluding hydrogens is 787 g/mol. The second-order valence-corrected chi connectivity index (χ2v) is 20.6. The number of allylic oxidation sites excluding steroid dienone is 2. The highest BCUT2D eigenvalue weighted by atomic mass is 16.3. The maximum atomic E-state index is 12.6. The van der Waals surface area contributed by atoms with Crippen LogP contribution in [-0.4, -0.2) is 46.1 Å². The zero-order valence-corrected chi connectivity index (χ0v) is 43.7. The third kappa shape index (κ3) is 49.0. The van der Waals surface area contributed by atoms with Crippen LogP contribution < -0.4 is 5.32 Å². The molecule has 382 valence electrons. The van der Waals surface area contributed by atoms with E-state index in [4.69, 9.17) is 0 Å². The molecule has 0 aliphatic rings. The fourth-order valence-corrected chi connectivity index (χ4v) is 9.54. The van der Waals surface area contributed by atoms with Gasteiger partial charge in [-0.15, -0.1) is 0 Å². The average molecular weight is 905 g/mol. The lowest BCUT2D eigenvalue weighted by Gasteiger charge is -2.23. The lowest BCUT2D eigenvalue weighted by atomic mass is 10.0. The molecule has 0 aromatic rings. The van der Waals surface area contributed by atoms with Crippen LogP contribution >= 0.6 is 0 Å². The Kier molecular flexibility index (Phi) is 53.9. The molecule has 0 aromatic carbocycles. The van der Waals surface area contributed by atoms with E-state index < -0.39 is 24.2 Å². The van der Waals surface area contributed by atoms with E-state index in [-0.39, 0.29) is 6.61 Å². The summed E-state index contributed by atoms with van der Waals surface area (Å²) >= 11 is 0. The van der Waals surface area contributed by atoms with Crippen LogP contribution in [-0.2, 0) is 4.79 Å². The van der Waals surface area contributed by atoms with Gasteiger partial charge in [0.2, 0.25) is 5.91 Å². The Labute approximate surface area is 401 Å². The molecule has 64 heavy (non-hydrogen) atoms. The third-order valence-electron chi connectivity index (χ3n) is 14.1. The number of amides is 1. The van der Waals surface area contributed by atoms with Crippen molar-refractivity contribution < 1.29 is 20.1 Å². The highest BCUT2D eigenvalue weighted by Crippen LogP contribution is 2.18. The summed E-state index contributed by atoms with van der Waals surface area (Å²) in [5, 5.41) is 33.6. The Bertz CT molecular complexity index is 909. The van der Waals surface area contributed by atoms with Gasteiger partial charge >= 0.3 is 0 Å². The van der Waals surface area contributed by atoms with E-state index in [2.05, 4.69) is 31.3 Å². The van der Waals surface area contributed by atoms with E-state index in [9.17, 15) is 20.1 Å². The summed E-state index contributed by atoms with van der Waals surface area (Å²) in [5.41, 5.74) is 0. The molecule has 4 N–H and O–H groups in total. The SMILES string of the molecule is CCCCCCCCCCCCCC/C=C\CCCCCCCCCCCCCCCC(O)C(=O)NC(CO)C(O)CCCCCCCCCCCCCCCCCCCCCCC. The number of hydrogen-bond donors (Lipinski definition) is 4. The monoisotopic (exact) mass is 904 g/mol. The molecule has 0 aromatic heterocycles. The number of rotatable bonds is 55. The Morgan fingerprint density at radius 3 is 0.859 bits per heavy atom. The summed E-state index contributed by atoms with van der Waals surface area (Å²) in [5.74, 6) is -0.464. The molecule has 0 aliphatic carbocycles. The van der Waals surface area contributed by atoms with Crippen LogP contribution in [0.25, 0.3) is 0 Å². The Balaban J connectivity index is 3.49. The molecule has 3 atom stereocenters. The first kappa shape index (κ1) is 63.1. The molecule has 0 heterocycles. The van der Waals surface area contributed by atoms with Crippen LogP contribution in [0.15, 0.2) is 12.2 Å². The standard InChI is InChI=1S/C59H117NO4/c1-3-5-7-9-11-13-15-17-19-21-23-25-26-27-28-29-30-31-32-34-36-38-40-42-44-46-48-50-52-54-58(63)59(64)60-56(55-61)57(62)53-51-49-47-45-43-41-39-37-35-33-24-22-20-18-16-14-12-10-8-6-4-2/h27-28,56-58,61-63H,3-26,29-55H2,1-2H3,(H,60,64)/b28-27-. The summed E-state index contributed by atoms with van der Waals surface area (Å²) in [7, 11) is 0. The lowest BCUT2D eigenvalue weighted by Crippen LogP contribution is -2.49.